The molecule has 11 nitrogen and oxygen atoms in total. The highest BCUT2D eigenvalue weighted by Gasteiger charge is 2.49. The Bertz CT molecular complexity index is 386. The Morgan fingerprint density at radius 3 is 1.96 bits per heavy atom. The van der Waals surface area contributed by atoms with Crippen molar-refractivity contribution in [2.24, 2.45) is 11.5 Å². The Kier molecular flexibility index (Phi) is 6.27. The monoisotopic (exact) mass is 340 g/mol. The lowest BCUT2D eigenvalue weighted by Crippen LogP contribution is -2.67. The molecule has 0 aromatic rings. The average Bonchev–Trinajstić information content (AvgIpc) is 2.55. The molecular weight excluding hydrogens is 316 g/mol. The fourth-order valence-corrected chi connectivity index (χ4v) is 2.65. The Labute approximate surface area is 132 Å². The smallest absolute Gasteiger partial charge is 0.176 e. The van der Waals surface area contributed by atoms with Crippen LogP contribution in [0.25, 0.3) is 0 Å². The van der Waals surface area contributed by atoms with Gasteiger partial charge in [0.15, 0.2) is 12.6 Å². The van der Waals surface area contributed by atoms with Gasteiger partial charge < -0.3 is 56.3 Å². The largest absolute Gasteiger partial charge is 0.394 e. The molecule has 10 atom stereocenters. The molecule has 136 valence electrons. The summed E-state index contributed by atoms with van der Waals surface area (Å²) in [4.78, 5) is 0. The molecule has 2 fully saturated rings. The molecule has 0 amide bonds. The Morgan fingerprint density at radius 2 is 1.39 bits per heavy atom. The Hall–Kier alpha value is -0.440. The van der Waals surface area contributed by atoms with Gasteiger partial charge in [0.1, 0.15) is 36.6 Å². The van der Waals surface area contributed by atoms with Gasteiger partial charge in [-0.3, -0.25) is 0 Å². The molecule has 0 bridgehead atoms. The van der Waals surface area contributed by atoms with Crippen molar-refractivity contribution in [3.05, 3.63) is 0 Å². The standard InChI is InChI=1S/C12H24N2O9/c13-5-9(19)10(4(2-16)21-11(5)20)23-12-6(14)8(18)7(17)3(1-15)22-12/h3-12,15-20H,1-2,13-14H2/t3-,4-,5-,6+,7+,8-,9+,10+,11+,12-/m0/s1. The van der Waals surface area contributed by atoms with E-state index in [2.05, 4.69) is 0 Å². The van der Waals surface area contributed by atoms with Crippen LogP contribution in [0.5, 0.6) is 0 Å². The van der Waals surface area contributed by atoms with Crippen LogP contribution in [0, 0.1) is 0 Å². The van der Waals surface area contributed by atoms with Crippen molar-refractivity contribution in [2.75, 3.05) is 13.2 Å². The number of aliphatic hydroxyl groups excluding tert-OH is 6. The van der Waals surface area contributed by atoms with Gasteiger partial charge in [0.05, 0.1) is 25.3 Å². The van der Waals surface area contributed by atoms with Crippen LogP contribution < -0.4 is 11.5 Å². The molecule has 0 radical (unpaired) electrons. The molecule has 0 aliphatic carbocycles. The lowest BCUT2D eigenvalue weighted by atomic mass is 9.95. The first-order valence-electron chi connectivity index (χ1n) is 7.23. The van der Waals surface area contributed by atoms with E-state index in [1.54, 1.807) is 0 Å². The van der Waals surface area contributed by atoms with Gasteiger partial charge in [-0.2, -0.15) is 0 Å². The molecule has 2 heterocycles. The third-order valence-corrected chi connectivity index (χ3v) is 4.14. The van der Waals surface area contributed by atoms with Gasteiger partial charge in [0, 0.05) is 0 Å². The first-order valence-corrected chi connectivity index (χ1v) is 7.23. The highest BCUT2D eigenvalue weighted by Crippen LogP contribution is 2.27. The Morgan fingerprint density at radius 1 is 0.783 bits per heavy atom. The minimum atomic E-state index is -1.49. The molecule has 0 aromatic heterocycles. The zero-order valence-electron chi connectivity index (χ0n) is 12.3. The van der Waals surface area contributed by atoms with Crippen molar-refractivity contribution in [1.82, 2.24) is 0 Å². The highest BCUT2D eigenvalue weighted by atomic mass is 16.7. The first kappa shape index (κ1) is 18.9. The Balaban J connectivity index is 2.11. The molecule has 2 aliphatic rings. The second-order valence-corrected chi connectivity index (χ2v) is 5.70. The first-order chi connectivity index (χ1) is 10.8. The van der Waals surface area contributed by atoms with Crippen molar-refractivity contribution in [3.63, 3.8) is 0 Å². The summed E-state index contributed by atoms with van der Waals surface area (Å²) in [5.41, 5.74) is 11.3. The number of nitrogens with two attached hydrogens (primary N) is 2. The predicted molar refractivity (Wildman–Crippen MR) is 72.6 cm³/mol. The predicted octanol–water partition coefficient (Wildman–Crippen LogP) is -5.46. The zero-order valence-corrected chi connectivity index (χ0v) is 12.3. The second kappa shape index (κ2) is 7.63. The quantitative estimate of drug-likeness (QED) is 0.242. The van der Waals surface area contributed by atoms with E-state index in [0.717, 1.165) is 0 Å². The van der Waals surface area contributed by atoms with Crippen LogP contribution in [0.4, 0.5) is 0 Å². The molecule has 2 rings (SSSR count). The number of hydrogen-bond acceptors (Lipinski definition) is 11. The molecule has 23 heavy (non-hydrogen) atoms. The normalized spacial score (nSPS) is 51.7. The molecule has 0 spiro atoms. The summed E-state index contributed by atoms with van der Waals surface area (Å²) in [6, 6.07) is -2.37. The fourth-order valence-electron chi connectivity index (χ4n) is 2.65. The molecule has 11 heteroatoms. The summed E-state index contributed by atoms with van der Waals surface area (Å²) in [5.74, 6) is 0. The molecule has 10 N–H and O–H groups in total. The molecule has 0 unspecified atom stereocenters. The van der Waals surface area contributed by atoms with E-state index >= 15 is 0 Å². The summed E-state index contributed by atoms with van der Waals surface area (Å²) >= 11 is 0. The lowest BCUT2D eigenvalue weighted by Gasteiger charge is -2.45. The fraction of sp³-hybridized carbons (Fsp3) is 1.00. The van der Waals surface area contributed by atoms with Gasteiger partial charge in [-0.05, 0) is 0 Å². The summed E-state index contributed by atoms with van der Waals surface area (Å²) in [5, 5.41) is 57.7. The van der Waals surface area contributed by atoms with Gasteiger partial charge in [-0.15, -0.1) is 0 Å². The topological polar surface area (TPSA) is 201 Å². The number of hydrogen-bond donors (Lipinski definition) is 8. The van der Waals surface area contributed by atoms with E-state index in [1.807, 2.05) is 0 Å². The van der Waals surface area contributed by atoms with Crippen molar-refractivity contribution in [1.29, 1.82) is 0 Å². The minimum absolute atomic E-state index is 0.581. The summed E-state index contributed by atoms with van der Waals surface area (Å²) in [6.07, 6.45) is -10.5. The van der Waals surface area contributed by atoms with Gasteiger partial charge in [-0.25, -0.2) is 0 Å². The maximum Gasteiger partial charge on any atom is 0.176 e. The average molecular weight is 340 g/mol. The maximum atomic E-state index is 10.1. The summed E-state index contributed by atoms with van der Waals surface area (Å²) < 4.78 is 15.8. The van der Waals surface area contributed by atoms with Crippen LogP contribution in [0.3, 0.4) is 0 Å². The van der Waals surface area contributed by atoms with Crippen molar-refractivity contribution in [2.45, 2.75) is 61.3 Å². The van der Waals surface area contributed by atoms with Crippen molar-refractivity contribution in [3.8, 4) is 0 Å². The van der Waals surface area contributed by atoms with Gasteiger partial charge in [0.2, 0.25) is 0 Å². The summed E-state index contributed by atoms with van der Waals surface area (Å²) in [7, 11) is 0. The third-order valence-electron chi connectivity index (χ3n) is 4.14. The van der Waals surface area contributed by atoms with Crippen LogP contribution in [-0.4, -0.2) is 105 Å². The van der Waals surface area contributed by atoms with E-state index in [4.69, 9.17) is 30.8 Å². The van der Waals surface area contributed by atoms with Crippen molar-refractivity contribution < 1.29 is 44.8 Å². The van der Waals surface area contributed by atoms with Crippen LogP contribution in [-0.2, 0) is 14.2 Å². The van der Waals surface area contributed by atoms with Crippen LogP contribution >= 0.6 is 0 Å². The molecule has 0 aromatic carbocycles. The maximum absolute atomic E-state index is 10.1. The highest BCUT2D eigenvalue weighted by molar-refractivity contribution is 4.95. The molecule has 2 aliphatic heterocycles. The van der Waals surface area contributed by atoms with Gasteiger partial charge >= 0.3 is 0 Å². The van der Waals surface area contributed by atoms with E-state index in [-0.39, 0.29) is 0 Å². The van der Waals surface area contributed by atoms with Crippen LogP contribution in [0.2, 0.25) is 0 Å². The van der Waals surface area contributed by atoms with Crippen LogP contribution in [0.1, 0.15) is 0 Å². The zero-order chi connectivity index (χ0) is 17.3. The molecular formula is C12H24N2O9. The summed E-state index contributed by atoms with van der Waals surface area (Å²) in [6.45, 7) is -1.17. The number of rotatable bonds is 4. The SMILES string of the molecule is N[C@H]1[C@H](O[C@H]2[C@H](O)[C@H](N)[C@H](O)O[C@H]2CO)O[C@@H](CO)[C@@H](O)[C@H]1O. The number of ether oxygens (including phenoxy) is 3. The van der Waals surface area contributed by atoms with Crippen LogP contribution in [0.15, 0.2) is 0 Å². The van der Waals surface area contributed by atoms with Gasteiger partial charge in [0.25, 0.3) is 0 Å². The van der Waals surface area contributed by atoms with E-state index < -0.39 is 74.5 Å². The van der Waals surface area contributed by atoms with E-state index in [0.29, 0.717) is 0 Å². The second-order valence-electron chi connectivity index (χ2n) is 5.70. The van der Waals surface area contributed by atoms with Gasteiger partial charge in [-0.1, -0.05) is 0 Å². The third kappa shape index (κ3) is 3.65. The minimum Gasteiger partial charge on any atom is -0.394 e. The lowest BCUT2D eigenvalue weighted by molar-refractivity contribution is -0.324. The molecule has 0 saturated carbocycles. The van der Waals surface area contributed by atoms with E-state index in [9.17, 15) is 25.5 Å². The molecule has 2 saturated heterocycles. The van der Waals surface area contributed by atoms with E-state index in [1.165, 1.54) is 0 Å². The van der Waals surface area contributed by atoms with Crippen molar-refractivity contribution >= 4 is 0 Å². The number of aliphatic hydroxyl groups is 6.